The van der Waals surface area contributed by atoms with Crippen molar-refractivity contribution in [1.82, 2.24) is 24.7 Å². The summed E-state index contributed by atoms with van der Waals surface area (Å²) < 4.78 is 46.1. The summed E-state index contributed by atoms with van der Waals surface area (Å²) in [6.45, 7) is 14.5. The molecule has 0 radical (unpaired) electrons. The molecule has 1 atom stereocenters. The smallest absolute Gasteiger partial charge is 0.293 e. The van der Waals surface area contributed by atoms with Crippen molar-refractivity contribution in [3.63, 3.8) is 0 Å². The number of likely N-dealkylation sites (tertiary alicyclic amines) is 1. The first-order chi connectivity index (χ1) is 39.4. The third-order valence-electron chi connectivity index (χ3n) is 16.0. The van der Waals surface area contributed by atoms with E-state index in [9.17, 15) is 42.5 Å². The number of allylic oxidation sites excluding steroid dienone is 1. The zero-order chi connectivity index (χ0) is 58.0. The van der Waals surface area contributed by atoms with Crippen LogP contribution in [0.5, 0.6) is 0 Å². The predicted molar refractivity (Wildman–Crippen MR) is 311 cm³/mol. The highest BCUT2D eigenvalue weighted by molar-refractivity contribution is 7.90. The molecule has 9 rings (SSSR count). The quantitative estimate of drug-likeness (QED) is 0.0229. The number of nitro benzene ring substituents is 1. The summed E-state index contributed by atoms with van der Waals surface area (Å²) >= 11 is 6.22. The number of carbonyl (C=O) groups excluding carboxylic acids is 5. The molecule has 1 aliphatic carbocycles. The lowest BCUT2D eigenvalue weighted by atomic mass is 9.72. The number of piperidine rings is 2. The van der Waals surface area contributed by atoms with Crippen LogP contribution >= 0.6 is 11.6 Å². The largest absolute Gasteiger partial charge is 0.382 e. The number of fused-ring (bicyclic) bond motifs is 1. The van der Waals surface area contributed by atoms with E-state index in [-0.39, 0.29) is 46.6 Å². The summed E-state index contributed by atoms with van der Waals surface area (Å²) in [5.74, 6) is -2.84. The second kappa shape index (κ2) is 27.1. The van der Waals surface area contributed by atoms with Crippen LogP contribution in [-0.4, -0.2) is 169 Å². The average Bonchev–Trinajstić information content (AvgIpc) is 4.00. The Bertz CT molecular complexity index is 3140. The lowest BCUT2D eigenvalue weighted by molar-refractivity contribution is -0.384. The van der Waals surface area contributed by atoms with Gasteiger partial charge in [-0.25, -0.2) is 13.1 Å². The molecule has 0 bridgehead atoms. The normalized spacial score (nSPS) is 19.1. The third-order valence-corrected chi connectivity index (χ3v) is 17.6. The first-order valence-electron chi connectivity index (χ1n) is 28.1. The molecule has 82 heavy (non-hydrogen) atoms. The average molecular weight is 1170 g/mol. The standard InChI is InChI=1S/C59H72ClN9O12S/c1-59(2)21-18-43(48(37-59)41-6-10-44(60)11-7-41)39-66-25-27-67(28-26-66)45-12-8-42(9-13-45)55(71)64-82(77,78)46-14-15-49(52(36-46)69(75)76)62-38-40-19-23-65(24-20-40)29-31-80-33-35-81-34-32-79-30-22-61-50-5-3-4-47-54(50)58(74)68(57(47)73)51-16-17-53(70)63-56(51)72/h3-15,36,40,51,61-62H,16-35,37-39H2,1-2H3,(H,64,71)(H,63,70,72). The number of sulfonamides is 1. The van der Waals surface area contributed by atoms with Crippen LogP contribution in [0.3, 0.4) is 0 Å². The van der Waals surface area contributed by atoms with Gasteiger partial charge in [-0.05, 0) is 135 Å². The van der Waals surface area contributed by atoms with Crippen LogP contribution in [0.25, 0.3) is 5.57 Å². The van der Waals surface area contributed by atoms with Gasteiger partial charge in [-0.1, -0.05) is 49.2 Å². The first kappa shape index (κ1) is 59.8. The van der Waals surface area contributed by atoms with Gasteiger partial charge in [0.05, 0.1) is 60.6 Å². The molecule has 23 heteroatoms. The number of nitrogens with zero attached hydrogens (tertiary/aromatic N) is 5. The van der Waals surface area contributed by atoms with E-state index in [4.69, 9.17) is 25.8 Å². The van der Waals surface area contributed by atoms with E-state index in [0.717, 1.165) is 106 Å². The fourth-order valence-corrected chi connectivity index (χ4v) is 12.4. The Labute approximate surface area is 483 Å². The van der Waals surface area contributed by atoms with Crippen molar-refractivity contribution in [1.29, 1.82) is 0 Å². The van der Waals surface area contributed by atoms with Crippen LogP contribution in [0.1, 0.15) is 95.4 Å². The van der Waals surface area contributed by atoms with Crippen molar-refractivity contribution >= 4 is 79.5 Å². The minimum absolute atomic E-state index is 0.0449. The van der Waals surface area contributed by atoms with E-state index < -0.39 is 61.1 Å². The fraction of sp³-hybridized carbons (Fsp3) is 0.475. The number of imide groups is 2. The maximum absolute atomic E-state index is 13.4. The van der Waals surface area contributed by atoms with Crippen LogP contribution in [-0.2, 0) is 33.8 Å². The van der Waals surface area contributed by atoms with Gasteiger partial charge in [-0.15, -0.1) is 0 Å². The van der Waals surface area contributed by atoms with E-state index in [1.807, 2.05) is 24.3 Å². The van der Waals surface area contributed by atoms with Crippen LogP contribution in [0.15, 0.2) is 95.4 Å². The van der Waals surface area contributed by atoms with Crippen molar-refractivity contribution in [3.8, 4) is 0 Å². The van der Waals surface area contributed by atoms with Crippen molar-refractivity contribution in [2.75, 3.05) is 121 Å². The lowest BCUT2D eigenvalue weighted by Gasteiger charge is -2.39. The van der Waals surface area contributed by atoms with Gasteiger partial charge in [0.1, 0.15) is 11.7 Å². The van der Waals surface area contributed by atoms with Gasteiger partial charge >= 0.3 is 0 Å². The van der Waals surface area contributed by atoms with Crippen LogP contribution in [0.2, 0.25) is 5.02 Å². The van der Waals surface area contributed by atoms with Crippen LogP contribution in [0, 0.1) is 21.4 Å². The second-order valence-electron chi connectivity index (χ2n) is 22.2. The summed E-state index contributed by atoms with van der Waals surface area (Å²) in [6, 6.07) is 22.4. The van der Waals surface area contributed by atoms with Crippen molar-refractivity contribution in [2.45, 2.75) is 69.7 Å². The molecule has 5 amide bonds. The molecule has 0 aromatic heterocycles. The van der Waals surface area contributed by atoms with Gasteiger partial charge in [0.25, 0.3) is 33.4 Å². The molecule has 4 aliphatic heterocycles. The monoisotopic (exact) mass is 1170 g/mol. The molecule has 1 unspecified atom stereocenters. The SMILES string of the molecule is CC1(C)CCC(CN2CCN(c3ccc(C(=O)NS(=O)(=O)c4ccc(NCC5CCN(CCOCCOCCOCCNc6cccc7c6C(=O)N(C6CCC(=O)NC6=O)C7=O)CC5)c([N+](=O)[O-])c4)cc3)CC2)=C(c2ccc(Cl)cc2)C1. The Kier molecular flexibility index (Phi) is 19.7. The number of halogens is 1. The summed E-state index contributed by atoms with van der Waals surface area (Å²) in [6.07, 6.45) is 5.08. The number of ether oxygens (including phenoxy) is 3. The van der Waals surface area contributed by atoms with E-state index in [1.54, 1.807) is 30.3 Å². The minimum atomic E-state index is -4.45. The van der Waals surface area contributed by atoms with E-state index in [1.165, 1.54) is 28.8 Å². The number of hydrogen-bond acceptors (Lipinski definition) is 17. The zero-order valence-corrected chi connectivity index (χ0v) is 48.0. The molecule has 4 aromatic rings. The van der Waals surface area contributed by atoms with Crippen molar-refractivity contribution in [3.05, 3.63) is 128 Å². The van der Waals surface area contributed by atoms with Gasteiger partial charge in [0.15, 0.2) is 0 Å². The number of hydrogen-bond donors (Lipinski definition) is 4. The molecule has 438 valence electrons. The van der Waals surface area contributed by atoms with Gasteiger partial charge < -0.3 is 34.6 Å². The van der Waals surface area contributed by atoms with Gasteiger partial charge in [0.2, 0.25) is 11.8 Å². The van der Waals surface area contributed by atoms with Crippen molar-refractivity contribution < 1.29 is 51.5 Å². The molecular formula is C59H72ClN9O12S. The number of nitrogens with one attached hydrogen (secondary N) is 4. The molecule has 0 saturated carbocycles. The molecule has 4 heterocycles. The number of rotatable bonds is 25. The predicted octanol–water partition coefficient (Wildman–Crippen LogP) is 6.84. The summed E-state index contributed by atoms with van der Waals surface area (Å²) in [5, 5.41) is 21.4. The van der Waals surface area contributed by atoms with E-state index in [2.05, 4.69) is 61.4 Å². The minimum Gasteiger partial charge on any atom is -0.382 e. The lowest BCUT2D eigenvalue weighted by Crippen LogP contribution is -2.54. The molecule has 21 nitrogen and oxygen atoms in total. The maximum atomic E-state index is 13.4. The summed E-state index contributed by atoms with van der Waals surface area (Å²) in [4.78, 5) is 82.8. The van der Waals surface area contributed by atoms with Crippen molar-refractivity contribution in [2.24, 2.45) is 11.3 Å². The van der Waals surface area contributed by atoms with Crippen LogP contribution in [0.4, 0.5) is 22.7 Å². The Hall–Kier alpha value is -6.79. The van der Waals surface area contributed by atoms with Gasteiger partial charge in [-0.3, -0.25) is 49.2 Å². The molecular weight excluding hydrogens is 1090 g/mol. The van der Waals surface area contributed by atoms with Crippen LogP contribution < -0.4 is 25.6 Å². The molecule has 0 spiro atoms. The van der Waals surface area contributed by atoms with E-state index >= 15 is 0 Å². The highest BCUT2D eigenvalue weighted by atomic mass is 35.5. The number of benzene rings is 4. The third kappa shape index (κ3) is 15.1. The van der Waals surface area contributed by atoms with Gasteiger partial charge in [0, 0.05) is 86.8 Å². The Morgan fingerprint density at radius 1 is 0.780 bits per heavy atom. The van der Waals surface area contributed by atoms with E-state index in [0.29, 0.717) is 58.4 Å². The highest BCUT2D eigenvalue weighted by Crippen LogP contribution is 2.43. The topological polar surface area (TPSA) is 251 Å². The number of piperazine rings is 1. The first-order valence-corrected chi connectivity index (χ1v) is 30.0. The molecule has 3 fully saturated rings. The van der Waals surface area contributed by atoms with Gasteiger partial charge in [-0.2, -0.15) is 0 Å². The highest BCUT2D eigenvalue weighted by Gasteiger charge is 2.45. The maximum Gasteiger partial charge on any atom is 0.293 e. The number of amides is 5. The fourth-order valence-electron chi connectivity index (χ4n) is 11.3. The number of anilines is 3. The molecule has 3 saturated heterocycles. The summed E-state index contributed by atoms with van der Waals surface area (Å²) in [5.41, 5.74) is 6.09. The molecule has 4 N–H and O–H groups in total. The summed E-state index contributed by atoms with van der Waals surface area (Å²) in [7, 11) is -4.45. The molecule has 5 aliphatic rings. The number of nitro groups is 1. The Morgan fingerprint density at radius 2 is 1.48 bits per heavy atom. The number of carbonyl (C=O) groups is 5. The zero-order valence-electron chi connectivity index (χ0n) is 46.4. The Balaban J connectivity index is 0.629. The Morgan fingerprint density at radius 3 is 2.17 bits per heavy atom. The second-order valence-corrected chi connectivity index (χ2v) is 24.3. The molecule has 4 aromatic carbocycles.